The lowest BCUT2D eigenvalue weighted by Gasteiger charge is -1.97. The zero-order valence-corrected chi connectivity index (χ0v) is 10.4. The van der Waals surface area contributed by atoms with E-state index in [4.69, 9.17) is 9.47 Å². The number of rotatable bonds is 2. The van der Waals surface area contributed by atoms with Gasteiger partial charge in [-0.05, 0) is 35.9 Å². The summed E-state index contributed by atoms with van der Waals surface area (Å²) < 4.78 is 10.6. The van der Waals surface area contributed by atoms with Crippen molar-refractivity contribution in [1.29, 1.82) is 0 Å². The number of ether oxygens (including phenoxy) is 2. The van der Waals surface area contributed by atoms with E-state index in [0.29, 0.717) is 6.79 Å². The minimum atomic E-state index is 0. The van der Waals surface area contributed by atoms with Crippen LogP contribution in [0.5, 0.6) is 11.5 Å². The fourth-order valence-electron chi connectivity index (χ4n) is 1.67. The summed E-state index contributed by atoms with van der Waals surface area (Å²) in [5.41, 5.74) is 2.00. The van der Waals surface area contributed by atoms with E-state index in [1.54, 1.807) is 6.20 Å². The van der Waals surface area contributed by atoms with Gasteiger partial charge in [0.2, 0.25) is 6.79 Å². The largest absolute Gasteiger partial charge is 0.454 e. The summed E-state index contributed by atoms with van der Waals surface area (Å²) in [5.74, 6) is 1.60. The Balaban J connectivity index is 0.00000120. The van der Waals surface area contributed by atoms with Crippen LogP contribution in [0.25, 0.3) is 12.2 Å². The molecule has 2 aromatic rings. The first kappa shape index (κ1) is 12.5. The van der Waals surface area contributed by atoms with Gasteiger partial charge in [0, 0.05) is 6.20 Å². The Morgan fingerprint density at radius 3 is 2.72 bits per heavy atom. The second-order valence-electron chi connectivity index (χ2n) is 3.70. The molecule has 1 aromatic carbocycles. The maximum absolute atomic E-state index is 5.32. The van der Waals surface area contributed by atoms with Crippen LogP contribution in [0.3, 0.4) is 0 Å². The maximum Gasteiger partial charge on any atom is 0.231 e. The molecule has 18 heavy (non-hydrogen) atoms. The minimum absolute atomic E-state index is 0. The summed E-state index contributed by atoms with van der Waals surface area (Å²) in [4.78, 5) is 4.22. The van der Waals surface area contributed by atoms with Crippen molar-refractivity contribution in [2.24, 2.45) is 0 Å². The molecule has 0 fully saturated rings. The first-order valence-corrected chi connectivity index (χ1v) is 5.40. The predicted octanol–water partition coefficient (Wildman–Crippen LogP) is 3.40. The van der Waals surface area contributed by atoms with Crippen LogP contribution in [0.1, 0.15) is 11.3 Å². The highest BCUT2D eigenvalue weighted by molar-refractivity contribution is 5.85. The Kier molecular flexibility index (Phi) is 3.85. The molecule has 0 spiro atoms. The van der Waals surface area contributed by atoms with Gasteiger partial charge in [0.15, 0.2) is 11.5 Å². The lowest BCUT2D eigenvalue weighted by molar-refractivity contribution is 0.174. The number of pyridine rings is 1. The van der Waals surface area contributed by atoms with Crippen LogP contribution in [0.4, 0.5) is 0 Å². The smallest absolute Gasteiger partial charge is 0.231 e. The molecule has 0 unspecified atom stereocenters. The maximum atomic E-state index is 5.32. The summed E-state index contributed by atoms with van der Waals surface area (Å²) in [6.07, 6.45) is 5.75. The molecular weight excluding hydrogens is 250 g/mol. The van der Waals surface area contributed by atoms with E-state index in [2.05, 4.69) is 4.98 Å². The van der Waals surface area contributed by atoms with Gasteiger partial charge in [-0.15, -0.1) is 12.4 Å². The minimum Gasteiger partial charge on any atom is -0.454 e. The van der Waals surface area contributed by atoms with Crippen molar-refractivity contribution in [1.82, 2.24) is 4.98 Å². The van der Waals surface area contributed by atoms with Gasteiger partial charge in [-0.1, -0.05) is 18.2 Å². The fraction of sp³-hybridized carbons (Fsp3) is 0.0714. The topological polar surface area (TPSA) is 31.4 Å². The zero-order chi connectivity index (χ0) is 11.5. The fourth-order valence-corrected chi connectivity index (χ4v) is 1.67. The predicted molar refractivity (Wildman–Crippen MR) is 73.0 cm³/mol. The molecule has 1 aliphatic heterocycles. The van der Waals surface area contributed by atoms with Crippen molar-refractivity contribution in [2.45, 2.75) is 0 Å². The molecule has 4 heteroatoms. The van der Waals surface area contributed by atoms with Crippen molar-refractivity contribution in [3.05, 3.63) is 53.9 Å². The normalized spacial score (nSPS) is 12.4. The van der Waals surface area contributed by atoms with Gasteiger partial charge in [-0.3, -0.25) is 4.98 Å². The van der Waals surface area contributed by atoms with E-state index < -0.39 is 0 Å². The Labute approximate surface area is 111 Å². The number of fused-ring (bicyclic) bond motifs is 1. The molecule has 0 saturated carbocycles. The summed E-state index contributed by atoms with van der Waals surface area (Å²) in [7, 11) is 0. The second-order valence-corrected chi connectivity index (χ2v) is 3.70. The van der Waals surface area contributed by atoms with E-state index in [1.807, 2.05) is 48.6 Å². The van der Waals surface area contributed by atoms with Gasteiger partial charge < -0.3 is 9.47 Å². The van der Waals surface area contributed by atoms with Crippen LogP contribution < -0.4 is 9.47 Å². The monoisotopic (exact) mass is 261 g/mol. The lowest BCUT2D eigenvalue weighted by Crippen LogP contribution is -1.92. The highest BCUT2D eigenvalue weighted by Gasteiger charge is 2.11. The quantitative estimate of drug-likeness (QED) is 0.830. The Bertz CT molecular complexity index is 555. The molecule has 3 rings (SSSR count). The summed E-state index contributed by atoms with van der Waals surface area (Å²) in [6, 6.07) is 11.7. The molecule has 0 radical (unpaired) electrons. The molecule has 92 valence electrons. The SMILES string of the molecule is C(=C\c1ccccn1)/c1ccc2c(c1)OCO2.Cl. The van der Waals surface area contributed by atoms with Crippen molar-refractivity contribution in [3.8, 4) is 11.5 Å². The third kappa shape index (κ3) is 2.63. The molecule has 0 amide bonds. The molecule has 0 bridgehead atoms. The number of benzene rings is 1. The molecule has 3 nitrogen and oxygen atoms in total. The molecule has 0 N–H and O–H groups in total. The summed E-state index contributed by atoms with van der Waals surface area (Å²) in [6.45, 7) is 0.308. The molecular formula is C14H12ClNO2. The van der Waals surface area contributed by atoms with E-state index in [0.717, 1.165) is 22.8 Å². The van der Waals surface area contributed by atoms with Crippen molar-refractivity contribution >= 4 is 24.6 Å². The highest BCUT2D eigenvalue weighted by atomic mass is 35.5. The molecule has 0 aliphatic carbocycles. The molecule has 1 aromatic heterocycles. The van der Waals surface area contributed by atoms with Crippen LogP contribution in [-0.4, -0.2) is 11.8 Å². The molecule has 2 heterocycles. The first-order valence-electron chi connectivity index (χ1n) is 5.40. The van der Waals surface area contributed by atoms with E-state index >= 15 is 0 Å². The Hall–Kier alpha value is -2.00. The zero-order valence-electron chi connectivity index (χ0n) is 9.58. The van der Waals surface area contributed by atoms with Gasteiger partial charge in [0.1, 0.15) is 0 Å². The average Bonchev–Trinajstić information content (AvgIpc) is 2.85. The van der Waals surface area contributed by atoms with Gasteiger partial charge in [0.25, 0.3) is 0 Å². The van der Waals surface area contributed by atoms with Gasteiger partial charge >= 0.3 is 0 Å². The number of hydrogen-bond acceptors (Lipinski definition) is 3. The second kappa shape index (κ2) is 5.56. The van der Waals surface area contributed by atoms with Crippen molar-refractivity contribution < 1.29 is 9.47 Å². The molecule has 1 aliphatic rings. The average molecular weight is 262 g/mol. The third-order valence-electron chi connectivity index (χ3n) is 2.53. The Morgan fingerprint density at radius 2 is 1.89 bits per heavy atom. The van der Waals surface area contributed by atoms with Gasteiger partial charge in [0.05, 0.1) is 5.69 Å². The van der Waals surface area contributed by atoms with Crippen LogP contribution in [-0.2, 0) is 0 Å². The molecule has 0 saturated heterocycles. The van der Waals surface area contributed by atoms with E-state index in [9.17, 15) is 0 Å². The standard InChI is InChI=1S/C14H11NO2.ClH/c1-2-8-15-12(3-1)6-4-11-5-7-13-14(9-11)17-10-16-13;/h1-9H,10H2;1H/b6-4+;. The third-order valence-corrected chi connectivity index (χ3v) is 2.53. The van der Waals surface area contributed by atoms with Gasteiger partial charge in [-0.2, -0.15) is 0 Å². The lowest BCUT2D eigenvalue weighted by atomic mass is 10.2. The van der Waals surface area contributed by atoms with E-state index in [1.165, 1.54) is 0 Å². The number of aromatic nitrogens is 1. The number of nitrogens with zero attached hydrogens (tertiary/aromatic N) is 1. The van der Waals surface area contributed by atoms with Crippen LogP contribution >= 0.6 is 12.4 Å². The van der Waals surface area contributed by atoms with Gasteiger partial charge in [-0.25, -0.2) is 0 Å². The highest BCUT2D eigenvalue weighted by Crippen LogP contribution is 2.32. The number of hydrogen-bond donors (Lipinski definition) is 0. The van der Waals surface area contributed by atoms with Crippen molar-refractivity contribution in [3.63, 3.8) is 0 Å². The van der Waals surface area contributed by atoms with Crippen molar-refractivity contribution in [2.75, 3.05) is 6.79 Å². The summed E-state index contributed by atoms with van der Waals surface area (Å²) >= 11 is 0. The number of halogens is 1. The van der Waals surface area contributed by atoms with E-state index in [-0.39, 0.29) is 12.4 Å². The van der Waals surface area contributed by atoms with Crippen LogP contribution in [0.2, 0.25) is 0 Å². The Morgan fingerprint density at radius 1 is 1.00 bits per heavy atom. The first-order chi connectivity index (χ1) is 8.42. The summed E-state index contributed by atoms with van der Waals surface area (Å²) in [5, 5.41) is 0. The molecule has 0 atom stereocenters. The van der Waals surface area contributed by atoms with Crippen LogP contribution in [0, 0.1) is 0 Å². The van der Waals surface area contributed by atoms with Crippen LogP contribution in [0.15, 0.2) is 42.6 Å².